The summed E-state index contributed by atoms with van der Waals surface area (Å²) >= 11 is 0. The summed E-state index contributed by atoms with van der Waals surface area (Å²) < 4.78 is 0. The van der Waals surface area contributed by atoms with E-state index in [0.29, 0.717) is 5.92 Å². The molecule has 1 aromatic rings. The SMILES string of the molecule is Cc1ccc(C)c(C(N)CN(CC(C)C)C2CC2)c1. The van der Waals surface area contributed by atoms with E-state index in [-0.39, 0.29) is 6.04 Å². The van der Waals surface area contributed by atoms with Gasteiger partial charge in [-0.2, -0.15) is 0 Å². The van der Waals surface area contributed by atoms with Crippen molar-refractivity contribution in [1.82, 2.24) is 4.90 Å². The fraction of sp³-hybridized carbons (Fsp3) is 0.647. The maximum absolute atomic E-state index is 6.47. The van der Waals surface area contributed by atoms with Gasteiger partial charge in [0.25, 0.3) is 0 Å². The zero-order chi connectivity index (χ0) is 14.0. The minimum atomic E-state index is 0.138. The Morgan fingerprint density at radius 2 is 1.89 bits per heavy atom. The molecular formula is C17H28N2. The van der Waals surface area contributed by atoms with Gasteiger partial charge in [-0.15, -0.1) is 0 Å². The first-order valence-electron chi connectivity index (χ1n) is 7.54. The highest BCUT2D eigenvalue weighted by atomic mass is 15.2. The maximum atomic E-state index is 6.47. The number of nitrogens with two attached hydrogens (primary N) is 1. The Bertz CT molecular complexity index is 421. The average Bonchev–Trinajstić information content (AvgIpc) is 3.14. The molecule has 2 rings (SSSR count). The smallest absolute Gasteiger partial charge is 0.0427 e. The molecule has 0 saturated heterocycles. The van der Waals surface area contributed by atoms with Crippen molar-refractivity contribution >= 4 is 0 Å². The maximum Gasteiger partial charge on any atom is 0.0427 e. The summed E-state index contributed by atoms with van der Waals surface area (Å²) in [6.45, 7) is 11.1. The summed E-state index contributed by atoms with van der Waals surface area (Å²) in [6, 6.07) is 7.53. The predicted molar refractivity (Wildman–Crippen MR) is 82.3 cm³/mol. The largest absolute Gasteiger partial charge is 0.323 e. The Morgan fingerprint density at radius 1 is 1.21 bits per heavy atom. The van der Waals surface area contributed by atoms with Crippen molar-refractivity contribution in [3.63, 3.8) is 0 Å². The van der Waals surface area contributed by atoms with Crippen LogP contribution < -0.4 is 5.73 Å². The van der Waals surface area contributed by atoms with Crippen molar-refractivity contribution in [1.29, 1.82) is 0 Å². The van der Waals surface area contributed by atoms with Gasteiger partial charge in [-0.1, -0.05) is 37.6 Å². The van der Waals surface area contributed by atoms with Crippen LogP contribution in [0.15, 0.2) is 18.2 Å². The molecule has 0 aromatic heterocycles. The molecule has 0 heterocycles. The highest BCUT2D eigenvalue weighted by Crippen LogP contribution is 2.29. The Kier molecular flexibility index (Phi) is 4.64. The van der Waals surface area contributed by atoms with Gasteiger partial charge in [0, 0.05) is 25.2 Å². The van der Waals surface area contributed by atoms with Gasteiger partial charge in [0.2, 0.25) is 0 Å². The molecule has 0 amide bonds. The van der Waals surface area contributed by atoms with Crippen LogP contribution in [0, 0.1) is 19.8 Å². The van der Waals surface area contributed by atoms with Crippen LogP contribution in [-0.4, -0.2) is 24.0 Å². The molecule has 1 aliphatic carbocycles. The summed E-state index contributed by atoms with van der Waals surface area (Å²) in [5, 5.41) is 0. The van der Waals surface area contributed by atoms with Crippen molar-refractivity contribution < 1.29 is 0 Å². The van der Waals surface area contributed by atoms with Gasteiger partial charge in [0.15, 0.2) is 0 Å². The number of hydrogen-bond donors (Lipinski definition) is 1. The van der Waals surface area contributed by atoms with E-state index in [2.05, 4.69) is 50.8 Å². The molecular weight excluding hydrogens is 232 g/mol. The van der Waals surface area contributed by atoms with Crippen LogP contribution in [0.2, 0.25) is 0 Å². The van der Waals surface area contributed by atoms with E-state index < -0.39 is 0 Å². The lowest BCUT2D eigenvalue weighted by atomic mass is 9.99. The van der Waals surface area contributed by atoms with Crippen LogP contribution in [0.5, 0.6) is 0 Å². The van der Waals surface area contributed by atoms with Gasteiger partial charge in [-0.25, -0.2) is 0 Å². The molecule has 0 radical (unpaired) electrons. The zero-order valence-corrected chi connectivity index (χ0v) is 12.8. The van der Waals surface area contributed by atoms with Crippen molar-refractivity contribution in [2.45, 2.75) is 52.6 Å². The summed E-state index contributed by atoms with van der Waals surface area (Å²) in [5.74, 6) is 0.714. The minimum Gasteiger partial charge on any atom is -0.323 e. The lowest BCUT2D eigenvalue weighted by molar-refractivity contribution is 0.221. The number of nitrogens with zero attached hydrogens (tertiary/aromatic N) is 1. The molecule has 106 valence electrons. The predicted octanol–water partition coefficient (Wildman–Crippen LogP) is 3.42. The first-order valence-corrected chi connectivity index (χ1v) is 7.54. The van der Waals surface area contributed by atoms with Crippen molar-refractivity contribution in [3.05, 3.63) is 34.9 Å². The Balaban J connectivity index is 2.05. The van der Waals surface area contributed by atoms with Gasteiger partial charge >= 0.3 is 0 Å². The molecule has 1 atom stereocenters. The lowest BCUT2D eigenvalue weighted by Crippen LogP contribution is -2.36. The fourth-order valence-electron chi connectivity index (χ4n) is 2.79. The molecule has 0 aliphatic heterocycles. The van der Waals surface area contributed by atoms with E-state index in [4.69, 9.17) is 5.73 Å². The first kappa shape index (κ1) is 14.5. The molecule has 19 heavy (non-hydrogen) atoms. The molecule has 1 fully saturated rings. The summed E-state index contributed by atoms with van der Waals surface area (Å²) in [7, 11) is 0. The molecule has 2 heteroatoms. The van der Waals surface area contributed by atoms with Crippen molar-refractivity contribution in [3.8, 4) is 0 Å². The summed E-state index contributed by atoms with van der Waals surface area (Å²) in [6.07, 6.45) is 2.71. The van der Waals surface area contributed by atoms with E-state index in [1.54, 1.807) is 0 Å². The van der Waals surface area contributed by atoms with Gasteiger partial charge in [-0.05, 0) is 43.7 Å². The highest BCUT2D eigenvalue weighted by molar-refractivity contribution is 5.33. The van der Waals surface area contributed by atoms with E-state index >= 15 is 0 Å². The monoisotopic (exact) mass is 260 g/mol. The van der Waals surface area contributed by atoms with E-state index in [1.165, 1.54) is 36.1 Å². The zero-order valence-electron chi connectivity index (χ0n) is 12.8. The third kappa shape index (κ3) is 4.05. The lowest BCUT2D eigenvalue weighted by Gasteiger charge is -2.28. The van der Waals surface area contributed by atoms with Crippen LogP contribution in [0.1, 0.15) is 49.4 Å². The standard InChI is InChI=1S/C17H28N2/c1-12(2)10-19(15-7-8-15)11-17(18)16-9-13(3)5-6-14(16)4/h5-6,9,12,15,17H,7-8,10-11,18H2,1-4H3. The molecule has 1 unspecified atom stereocenters. The van der Waals surface area contributed by atoms with E-state index in [1.807, 2.05) is 0 Å². The summed E-state index contributed by atoms with van der Waals surface area (Å²) in [5.41, 5.74) is 10.4. The third-order valence-electron chi connectivity index (χ3n) is 3.93. The van der Waals surface area contributed by atoms with E-state index in [9.17, 15) is 0 Å². The molecule has 1 aliphatic rings. The fourth-order valence-corrected chi connectivity index (χ4v) is 2.79. The second-order valence-corrected chi connectivity index (χ2v) is 6.55. The Morgan fingerprint density at radius 3 is 2.47 bits per heavy atom. The summed E-state index contributed by atoms with van der Waals surface area (Å²) in [4.78, 5) is 2.59. The number of hydrogen-bond acceptors (Lipinski definition) is 2. The van der Waals surface area contributed by atoms with Crippen molar-refractivity contribution in [2.75, 3.05) is 13.1 Å². The highest BCUT2D eigenvalue weighted by Gasteiger charge is 2.30. The van der Waals surface area contributed by atoms with Gasteiger partial charge < -0.3 is 5.73 Å². The van der Waals surface area contributed by atoms with Crippen LogP contribution in [0.3, 0.4) is 0 Å². The second kappa shape index (κ2) is 6.06. The Hall–Kier alpha value is -0.860. The van der Waals surface area contributed by atoms with Crippen LogP contribution in [-0.2, 0) is 0 Å². The van der Waals surface area contributed by atoms with Crippen LogP contribution in [0.4, 0.5) is 0 Å². The normalized spacial score (nSPS) is 17.2. The quantitative estimate of drug-likeness (QED) is 0.849. The number of rotatable bonds is 6. The Labute approximate surface area is 118 Å². The topological polar surface area (TPSA) is 29.3 Å². The van der Waals surface area contributed by atoms with Crippen LogP contribution >= 0.6 is 0 Å². The van der Waals surface area contributed by atoms with Gasteiger partial charge in [0.05, 0.1) is 0 Å². The third-order valence-corrected chi connectivity index (χ3v) is 3.93. The van der Waals surface area contributed by atoms with Crippen LogP contribution in [0.25, 0.3) is 0 Å². The minimum absolute atomic E-state index is 0.138. The molecule has 0 spiro atoms. The van der Waals surface area contributed by atoms with Crippen molar-refractivity contribution in [2.24, 2.45) is 11.7 Å². The molecule has 1 aromatic carbocycles. The second-order valence-electron chi connectivity index (χ2n) is 6.55. The average molecular weight is 260 g/mol. The number of aryl methyl sites for hydroxylation is 2. The van der Waals surface area contributed by atoms with Gasteiger partial charge in [0.1, 0.15) is 0 Å². The molecule has 0 bridgehead atoms. The van der Waals surface area contributed by atoms with E-state index in [0.717, 1.165) is 12.6 Å². The molecule has 1 saturated carbocycles. The number of benzene rings is 1. The van der Waals surface area contributed by atoms with Gasteiger partial charge in [-0.3, -0.25) is 4.90 Å². The molecule has 2 N–H and O–H groups in total. The molecule has 2 nitrogen and oxygen atoms in total. The first-order chi connectivity index (χ1) is 8.97.